The van der Waals surface area contributed by atoms with Gasteiger partial charge < -0.3 is 18.9 Å². The molecule has 0 unspecified atom stereocenters. The van der Waals surface area contributed by atoms with Gasteiger partial charge in [-0.05, 0) is 24.3 Å². The zero-order valence-electron chi connectivity index (χ0n) is 12.4. The third-order valence-corrected chi connectivity index (χ3v) is 4.16. The van der Waals surface area contributed by atoms with Crippen molar-refractivity contribution in [1.29, 1.82) is 0 Å². The fraction of sp³-hybridized carbons (Fsp3) is 0.118. The molecule has 0 aliphatic rings. The third-order valence-electron chi connectivity index (χ3n) is 3.92. The molecule has 1 N–H and O–H groups in total. The molecule has 0 bridgehead atoms. The number of hydrogen-bond donors (Lipinski definition) is 1. The molecular weight excluding hydrogens is 318 g/mol. The molecule has 0 atom stereocenters. The normalized spacial score (nSPS) is 11.4. The number of ether oxygens (including phenoxy) is 2. The summed E-state index contributed by atoms with van der Waals surface area (Å²) in [5.74, 6) is 1.13. The Labute approximate surface area is 135 Å². The lowest BCUT2D eigenvalue weighted by molar-refractivity contribution is 0.356. The van der Waals surface area contributed by atoms with Gasteiger partial charge in [-0.1, -0.05) is 11.6 Å². The second kappa shape index (κ2) is 4.93. The number of fused-ring (bicyclic) bond motifs is 5. The molecule has 0 amide bonds. The highest BCUT2D eigenvalue weighted by Crippen LogP contribution is 2.36. The largest absolute Gasteiger partial charge is 0.493 e. The predicted octanol–water partition coefficient (Wildman–Crippen LogP) is 4.10. The lowest BCUT2D eigenvalue weighted by atomic mass is 10.1. The topological polar surface area (TPSA) is 64.5 Å². The molecule has 0 aliphatic heterocycles. The van der Waals surface area contributed by atoms with Gasteiger partial charge in [0.15, 0.2) is 11.5 Å². The van der Waals surface area contributed by atoms with Crippen molar-refractivity contribution in [2.75, 3.05) is 14.2 Å². The van der Waals surface area contributed by atoms with Crippen molar-refractivity contribution >= 4 is 44.4 Å². The van der Waals surface area contributed by atoms with Crippen molar-refractivity contribution < 1.29 is 13.9 Å². The monoisotopic (exact) mass is 329 g/mol. The highest BCUT2D eigenvalue weighted by molar-refractivity contribution is 6.31. The van der Waals surface area contributed by atoms with Crippen LogP contribution in [0, 0.1) is 0 Å². The molecule has 2 heterocycles. The van der Waals surface area contributed by atoms with E-state index in [2.05, 4.69) is 4.98 Å². The molecule has 23 heavy (non-hydrogen) atoms. The van der Waals surface area contributed by atoms with Gasteiger partial charge >= 0.3 is 5.63 Å². The van der Waals surface area contributed by atoms with E-state index in [-0.39, 0.29) is 0 Å². The van der Waals surface area contributed by atoms with Crippen LogP contribution in [0.25, 0.3) is 32.8 Å². The lowest BCUT2D eigenvalue weighted by Gasteiger charge is -2.06. The SMILES string of the molecule is COc1cc2[nH]c3c4cc(Cl)ccc4oc(=O)c3c2cc1OC. The van der Waals surface area contributed by atoms with Crippen molar-refractivity contribution in [3.63, 3.8) is 0 Å². The summed E-state index contributed by atoms with van der Waals surface area (Å²) in [7, 11) is 3.12. The quantitative estimate of drug-likeness (QED) is 0.562. The van der Waals surface area contributed by atoms with Gasteiger partial charge in [0.25, 0.3) is 0 Å². The average molecular weight is 330 g/mol. The first-order valence-corrected chi connectivity index (χ1v) is 7.30. The third kappa shape index (κ3) is 1.97. The first-order valence-electron chi connectivity index (χ1n) is 6.92. The summed E-state index contributed by atoms with van der Waals surface area (Å²) in [5, 5.41) is 2.51. The summed E-state index contributed by atoms with van der Waals surface area (Å²) in [6.45, 7) is 0. The number of methoxy groups -OCH3 is 2. The van der Waals surface area contributed by atoms with E-state index in [4.69, 9.17) is 25.5 Å². The van der Waals surface area contributed by atoms with Crippen LogP contribution in [0.4, 0.5) is 0 Å². The van der Waals surface area contributed by atoms with E-state index in [1.807, 2.05) is 0 Å². The summed E-state index contributed by atoms with van der Waals surface area (Å²) < 4.78 is 16.0. The van der Waals surface area contributed by atoms with E-state index < -0.39 is 5.63 Å². The minimum Gasteiger partial charge on any atom is -0.493 e. The second-order valence-corrected chi connectivity index (χ2v) is 5.59. The molecule has 0 saturated heterocycles. The van der Waals surface area contributed by atoms with Crippen molar-refractivity contribution in [2.24, 2.45) is 0 Å². The molecule has 0 saturated carbocycles. The van der Waals surface area contributed by atoms with Crippen LogP contribution in [0.2, 0.25) is 5.02 Å². The summed E-state index contributed by atoms with van der Waals surface area (Å²) in [5.41, 5.74) is 1.52. The van der Waals surface area contributed by atoms with E-state index in [0.717, 1.165) is 10.9 Å². The Morgan fingerprint density at radius 1 is 1.04 bits per heavy atom. The van der Waals surface area contributed by atoms with Crippen LogP contribution in [-0.2, 0) is 0 Å². The number of rotatable bonds is 2. The zero-order valence-corrected chi connectivity index (χ0v) is 13.2. The first kappa shape index (κ1) is 14.0. The molecule has 116 valence electrons. The Hall–Kier alpha value is -2.66. The van der Waals surface area contributed by atoms with Crippen LogP contribution < -0.4 is 15.1 Å². The Bertz CT molecular complexity index is 1130. The van der Waals surface area contributed by atoms with Gasteiger partial charge in [-0.25, -0.2) is 4.79 Å². The van der Waals surface area contributed by atoms with E-state index in [1.165, 1.54) is 0 Å². The fourth-order valence-electron chi connectivity index (χ4n) is 2.87. The van der Waals surface area contributed by atoms with Gasteiger partial charge in [0.2, 0.25) is 0 Å². The standard InChI is InChI=1S/C17H12ClNO4/c1-21-13-6-9-11(7-14(13)22-2)19-16-10-5-8(18)3-4-12(10)23-17(20)15(9)16/h3-7,19H,1-2H3. The van der Waals surface area contributed by atoms with Crippen molar-refractivity contribution in [3.05, 3.63) is 45.8 Å². The molecule has 0 fully saturated rings. The smallest absolute Gasteiger partial charge is 0.346 e. The van der Waals surface area contributed by atoms with E-state index >= 15 is 0 Å². The van der Waals surface area contributed by atoms with E-state index in [9.17, 15) is 4.79 Å². The molecule has 4 rings (SSSR count). The predicted molar refractivity (Wildman–Crippen MR) is 90.0 cm³/mol. The zero-order chi connectivity index (χ0) is 16.1. The van der Waals surface area contributed by atoms with Crippen LogP contribution >= 0.6 is 11.6 Å². The lowest BCUT2D eigenvalue weighted by Crippen LogP contribution is -1.98. The van der Waals surface area contributed by atoms with Gasteiger partial charge in [-0.15, -0.1) is 0 Å². The van der Waals surface area contributed by atoms with Crippen molar-refractivity contribution in [2.45, 2.75) is 0 Å². The van der Waals surface area contributed by atoms with E-state index in [0.29, 0.717) is 38.4 Å². The molecule has 5 nitrogen and oxygen atoms in total. The molecule has 2 aromatic carbocycles. The van der Waals surface area contributed by atoms with Crippen LogP contribution in [0.15, 0.2) is 39.5 Å². The van der Waals surface area contributed by atoms with Crippen LogP contribution in [0.3, 0.4) is 0 Å². The summed E-state index contributed by atoms with van der Waals surface area (Å²) in [6, 6.07) is 8.70. The molecule has 4 aromatic rings. The van der Waals surface area contributed by atoms with Crippen LogP contribution in [0.5, 0.6) is 11.5 Å². The number of halogens is 1. The first-order chi connectivity index (χ1) is 11.1. The maximum Gasteiger partial charge on any atom is 0.346 e. The number of benzene rings is 2. The van der Waals surface area contributed by atoms with Gasteiger partial charge in [-0.3, -0.25) is 0 Å². The van der Waals surface area contributed by atoms with Crippen molar-refractivity contribution in [3.8, 4) is 11.5 Å². The molecule has 2 aromatic heterocycles. The van der Waals surface area contributed by atoms with Crippen LogP contribution in [0.1, 0.15) is 0 Å². The number of aromatic amines is 1. The van der Waals surface area contributed by atoms with Crippen molar-refractivity contribution in [1.82, 2.24) is 4.98 Å². The maximum absolute atomic E-state index is 12.4. The Balaban J connectivity index is 2.24. The number of aromatic nitrogens is 1. The average Bonchev–Trinajstić information content (AvgIpc) is 2.93. The molecule has 6 heteroatoms. The highest BCUT2D eigenvalue weighted by atomic mass is 35.5. The minimum absolute atomic E-state index is 0.409. The summed E-state index contributed by atoms with van der Waals surface area (Å²) >= 11 is 6.08. The van der Waals surface area contributed by atoms with Crippen LogP contribution in [-0.4, -0.2) is 19.2 Å². The second-order valence-electron chi connectivity index (χ2n) is 5.16. The maximum atomic E-state index is 12.4. The van der Waals surface area contributed by atoms with Gasteiger partial charge in [0.05, 0.1) is 30.6 Å². The molecule has 0 spiro atoms. The molecule has 0 aliphatic carbocycles. The number of H-pyrrole nitrogens is 1. The number of hydrogen-bond acceptors (Lipinski definition) is 4. The summed E-state index contributed by atoms with van der Waals surface area (Å²) in [4.78, 5) is 15.7. The minimum atomic E-state index is -0.409. The molecule has 0 radical (unpaired) electrons. The van der Waals surface area contributed by atoms with Gasteiger partial charge in [0, 0.05) is 21.9 Å². The molecular formula is C17H12ClNO4. The summed E-state index contributed by atoms with van der Waals surface area (Å²) in [6.07, 6.45) is 0. The number of nitrogens with one attached hydrogen (secondary N) is 1. The fourth-order valence-corrected chi connectivity index (χ4v) is 3.04. The Kier molecular flexibility index (Phi) is 2.99. The Morgan fingerprint density at radius 2 is 1.78 bits per heavy atom. The van der Waals surface area contributed by atoms with Gasteiger partial charge in [0.1, 0.15) is 5.58 Å². The Morgan fingerprint density at radius 3 is 2.52 bits per heavy atom. The van der Waals surface area contributed by atoms with Gasteiger partial charge in [-0.2, -0.15) is 0 Å². The van der Waals surface area contributed by atoms with E-state index in [1.54, 1.807) is 44.6 Å². The highest BCUT2D eigenvalue weighted by Gasteiger charge is 2.16.